The summed E-state index contributed by atoms with van der Waals surface area (Å²) < 4.78 is 5.35. The van der Waals surface area contributed by atoms with Crippen LogP contribution in [0.5, 0.6) is 0 Å². The van der Waals surface area contributed by atoms with Crippen molar-refractivity contribution in [3.05, 3.63) is 29.6 Å². The average Bonchev–Trinajstić information content (AvgIpc) is 3.15. The number of carbonyl (C=O) groups excluding carboxylic acids is 1. The zero-order chi connectivity index (χ0) is 15.2. The van der Waals surface area contributed by atoms with Crippen molar-refractivity contribution in [1.29, 1.82) is 0 Å². The van der Waals surface area contributed by atoms with Gasteiger partial charge in [-0.3, -0.25) is 9.69 Å². The van der Waals surface area contributed by atoms with Crippen molar-refractivity contribution in [2.24, 2.45) is 0 Å². The van der Waals surface area contributed by atoms with Crippen LogP contribution in [0, 0.1) is 0 Å². The van der Waals surface area contributed by atoms with Crippen LogP contribution in [0.1, 0.15) is 31.3 Å². The molecule has 0 aliphatic rings. The molecule has 0 radical (unpaired) electrons. The molecule has 0 saturated heterocycles. The molecule has 0 aromatic carbocycles. The van der Waals surface area contributed by atoms with Gasteiger partial charge >= 0.3 is 0 Å². The van der Waals surface area contributed by atoms with Gasteiger partial charge in [0.25, 0.3) is 5.91 Å². The molecule has 2 aromatic rings. The minimum Gasteiger partial charge on any atom is -0.442 e. The molecule has 2 aromatic heterocycles. The fourth-order valence-electron chi connectivity index (χ4n) is 2.29. The quantitative estimate of drug-likeness (QED) is 0.854. The maximum atomic E-state index is 12.3. The largest absolute Gasteiger partial charge is 0.442 e. The number of carbonyl (C=O) groups is 1. The Bertz CT molecular complexity index is 561. The first-order valence-electron chi connectivity index (χ1n) is 7.16. The zero-order valence-corrected chi connectivity index (χ0v) is 13.4. The van der Waals surface area contributed by atoms with E-state index in [1.807, 2.05) is 17.5 Å². The summed E-state index contributed by atoms with van der Waals surface area (Å²) in [6.07, 6.45) is 1.32. The Hall–Kier alpha value is -1.66. The second kappa shape index (κ2) is 7.38. The fourth-order valence-corrected chi connectivity index (χ4v) is 3.00. The van der Waals surface area contributed by atoms with Gasteiger partial charge in [0, 0.05) is 12.6 Å². The molecule has 0 saturated carbocycles. The van der Waals surface area contributed by atoms with Crippen molar-refractivity contribution in [3.8, 4) is 10.6 Å². The molecule has 0 spiro atoms. The lowest BCUT2D eigenvalue weighted by Gasteiger charge is -2.26. The lowest BCUT2D eigenvalue weighted by Crippen LogP contribution is -2.42. The molecule has 1 N–H and O–H groups in total. The second-order valence-corrected chi connectivity index (χ2v) is 5.74. The Morgan fingerprint density at radius 2 is 2.24 bits per heavy atom. The normalized spacial score (nSPS) is 12.6. The third kappa shape index (κ3) is 3.71. The Labute approximate surface area is 129 Å². The zero-order valence-electron chi connectivity index (χ0n) is 12.6. The number of oxazole rings is 1. The molecule has 0 unspecified atom stereocenters. The molecule has 0 aliphatic heterocycles. The maximum absolute atomic E-state index is 12.3. The smallest absolute Gasteiger partial charge is 0.274 e. The molecule has 2 heterocycles. The fraction of sp³-hybridized carbons (Fsp3) is 0.467. The number of thiophene rings is 1. The van der Waals surface area contributed by atoms with E-state index in [2.05, 4.69) is 36.0 Å². The van der Waals surface area contributed by atoms with Crippen molar-refractivity contribution in [2.45, 2.75) is 26.8 Å². The second-order valence-electron chi connectivity index (χ2n) is 4.79. The predicted molar refractivity (Wildman–Crippen MR) is 84.5 cm³/mol. The molecule has 2 rings (SSSR count). The van der Waals surface area contributed by atoms with Gasteiger partial charge < -0.3 is 9.73 Å². The molecule has 5 nitrogen and oxygen atoms in total. The van der Waals surface area contributed by atoms with Crippen molar-refractivity contribution >= 4 is 17.2 Å². The minimum absolute atomic E-state index is 0.189. The number of aromatic nitrogens is 1. The highest BCUT2D eigenvalue weighted by atomic mass is 32.1. The first-order valence-corrected chi connectivity index (χ1v) is 8.04. The van der Waals surface area contributed by atoms with E-state index < -0.39 is 0 Å². The Kier molecular flexibility index (Phi) is 5.52. The number of nitrogens with zero attached hydrogens (tertiary/aromatic N) is 2. The van der Waals surface area contributed by atoms with Crippen molar-refractivity contribution < 1.29 is 9.21 Å². The van der Waals surface area contributed by atoms with Gasteiger partial charge in [-0.2, -0.15) is 0 Å². The lowest BCUT2D eigenvalue weighted by atomic mass is 10.2. The number of amides is 1. The first kappa shape index (κ1) is 15.7. The molecule has 0 fully saturated rings. The van der Waals surface area contributed by atoms with Gasteiger partial charge in [0.1, 0.15) is 0 Å². The Morgan fingerprint density at radius 3 is 2.86 bits per heavy atom. The highest BCUT2D eigenvalue weighted by Gasteiger charge is 2.20. The van der Waals surface area contributed by atoms with Gasteiger partial charge in [-0.15, -0.1) is 11.3 Å². The van der Waals surface area contributed by atoms with Gasteiger partial charge in [0.15, 0.2) is 17.8 Å². The van der Waals surface area contributed by atoms with Crippen LogP contribution >= 0.6 is 11.3 Å². The number of rotatable bonds is 7. The van der Waals surface area contributed by atoms with E-state index in [1.54, 1.807) is 0 Å². The molecule has 0 aliphatic carbocycles. The van der Waals surface area contributed by atoms with Crippen LogP contribution in [0.2, 0.25) is 0 Å². The van der Waals surface area contributed by atoms with E-state index in [4.69, 9.17) is 4.42 Å². The molecule has 114 valence electrons. The number of hydrogen-bond donors (Lipinski definition) is 1. The molecule has 1 amide bonds. The highest BCUT2D eigenvalue weighted by molar-refractivity contribution is 7.13. The standard InChI is InChI=1S/C15H21N3O2S/c1-4-18(5-2)11(3)9-16-15(19)13-14(20-10-17-13)12-7-6-8-21-12/h6-8,10-11H,4-5,9H2,1-3H3,(H,16,19)/t11-/m0/s1. The Morgan fingerprint density at radius 1 is 1.48 bits per heavy atom. The van der Waals surface area contributed by atoms with Crippen LogP contribution in [-0.2, 0) is 0 Å². The lowest BCUT2D eigenvalue weighted by molar-refractivity contribution is 0.0934. The number of hydrogen-bond acceptors (Lipinski definition) is 5. The first-order chi connectivity index (χ1) is 10.2. The van der Waals surface area contributed by atoms with Gasteiger partial charge in [-0.1, -0.05) is 19.9 Å². The summed E-state index contributed by atoms with van der Waals surface area (Å²) in [6, 6.07) is 4.13. The van der Waals surface area contributed by atoms with Crippen LogP contribution in [-0.4, -0.2) is 41.5 Å². The van der Waals surface area contributed by atoms with Crippen LogP contribution in [0.3, 0.4) is 0 Å². The van der Waals surface area contributed by atoms with Crippen molar-refractivity contribution in [2.75, 3.05) is 19.6 Å². The van der Waals surface area contributed by atoms with E-state index in [-0.39, 0.29) is 5.91 Å². The van der Waals surface area contributed by atoms with Crippen LogP contribution in [0.15, 0.2) is 28.3 Å². The summed E-state index contributed by atoms with van der Waals surface area (Å²) in [5.41, 5.74) is 0.351. The molecule has 1 atom stereocenters. The van der Waals surface area contributed by atoms with Crippen molar-refractivity contribution in [3.63, 3.8) is 0 Å². The predicted octanol–water partition coefficient (Wildman–Crippen LogP) is 2.86. The summed E-state index contributed by atoms with van der Waals surface area (Å²) >= 11 is 1.53. The molecular weight excluding hydrogens is 286 g/mol. The highest BCUT2D eigenvalue weighted by Crippen LogP contribution is 2.27. The van der Waals surface area contributed by atoms with E-state index in [1.165, 1.54) is 17.7 Å². The summed E-state index contributed by atoms with van der Waals surface area (Å²) in [4.78, 5) is 19.5. The van der Waals surface area contributed by atoms with Gasteiger partial charge in [-0.05, 0) is 31.5 Å². The summed E-state index contributed by atoms with van der Waals surface area (Å²) in [7, 11) is 0. The summed E-state index contributed by atoms with van der Waals surface area (Å²) in [6.45, 7) is 8.88. The van der Waals surface area contributed by atoms with Crippen LogP contribution < -0.4 is 5.32 Å². The van der Waals surface area contributed by atoms with Crippen LogP contribution in [0.25, 0.3) is 10.6 Å². The van der Waals surface area contributed by atoms with Gasteiger partial charge in [-0.25, -0.2) is 4.98 Å². The molecule has 6 heteroatoms. The molecular formula is C15H21N3O2S. The topological polar surface area (TPSA) is 58.4 Å². The summed E-state index contributed by atoms with van der Waals surface area (Å²) in [5, 5.41) is 4.88. The third-order valence-electron chi connectivity index (χ3n) is 3.52. The third-order valence-corrected chi connectivity index (χ3v) is 4.39. The minimum atomic E-state index is -0.189. The molecule has 0 bridgehead atoms. The average molecular weight is 307 g/mol. The van der Waals surface area contributed by atoms with Crippen LogP contribution in [0.4, 0.5) is 0 Å². The number of nitrogens with one attached hydrogen (secondary N) is 1. The van der Waals surface area contributed by atoms with E-state index >= 15 is 0 Å². The van der Waals surface area contributed by atoms with E-state index in [0.717, 1.165) is 18.0 Å². The monoisotopic (exact) mass is 307 g/mol. The SMILES string of the molecule is CCN(CC)[C@@H](C)CNC(=O)c1ncoc1-c1cccs1. The Balaban J connectivity index is 2.00. The van der Waals surface area contributed by atoms with E-state index in [0.29, 0.717) is 24.0 Å². The van der Waals surface area contributed by atoms with Gasteiger partial charge in [0.2, 0.25) is 0 Å². The summed E-state index contributed by atoms with van der Waals surface area (Å²) in [5.74, 6) is 0.351. The maximum Gasteiger partial charge on any atom is 0.274 e. The van der Waals surface area contributed by atoms with E-state index in [9.17, 15) is 4.79 Å². The number of likely N-dealkylation sites (N-methyl/N-ethyl adjacent to an activating group) is 1. The van der Waals surface area contributed by atoms with Gasteiger partial charge in [0.05, 0.1) is 4.88 Å². The van der Waals surface area contributed by atoms with Crippen molar-refractivity contribution in [1.82, 2.24) is 15.2 Å². The molecule has 21 heavy (non-hydrogen) atoms.